The Bertz CT molecular complexity index is 1550. The van der Waals surface area contributed by atoms with Gasteiger partial charge >= 0.3 is 0 Å². The number of rotatable bonds is 5. The van der Waals surface area contributed by atoms with Gasteiger partial charge in [-0.3, -0.25) is 9.59 Å². The summed E-state index contributed by atoms with van der Waals surface area (Å²) >= 11 is 0. The number of amides is 2. The first-order valence-corrected chi connectivity index (χ1v) is 14.5. The molecule has 0 unspecified atom stereocenters. The molecule has 2 amide bonds. The summed E-state index contributed by atoms with van der Waals surface area (Å²) in [6.07, 6.45) is 4.43. The number of nitrogens with one attached hydrogen (secondary N) is 1. The molecule has 2 aromatic carbocycles. The van der Waals surface area contributed by atoms with Crippen LogP contribution in [0.4, 0.5) is 5.82 Å². The third kappa shape index (κ3) is 5.44. The second-order valence-corrected chi connectivity index (χ2v) is 11.3. The summed E-state index contributed by atoms with van der Waals surface area (Å²) in [5, 5.41) is 13.8. The summed E-state index contributed by atoms with van der Waals surface area (Å²) < 4.78 is 2.13. The van der Waals surface area contributed by atoms with Crippen LogP contribution >= 0.6 is 0 Å². The first-order chi connectivity index (χ1) is 19.9. The van der Waals surface area contributed by atoms with Crippen molar-refractivity contribution < 1.29 is 14.7 Å². The van der Waals surface area contributed by atoms with Crippen LogP contribution in [0, 0.1) is 6.92 Å². The van der Waals surface area contributed by atoms with Crippen molar-refractivity contribution in [2.45, 2.75) is 44.8 Å². The van der Waals surface area contributed by atoms with E-state index in [9.17, 15) is 14.7 Å². The molecule has 4 aromatic rings. The maximum atomic E-state index is 14.1. The Morgan fingerprint density at radius 1 is 0.927 bits per heavy atom. The molecule has 2 fully saturated rings. The maximum Gasteiger partial charge on any atom is 0.256 e. The minimum atomic E-state index is -0.248. The minimum absolute atomic E-state index is 0.0508. The average Bonchev–Trinajstić information content (AvgIpc) is 3.29. The van der Waals surface area contributed by atoms with Gasteiger partial charge in [-0.25, -0.2) is 4.98 Å². The van der Waals surface area contributed by atoms with Gasteiger partial charge in [0.05, 0.1) is 22.9 Å². The molecule has 1 aliphatic heterocycles. The second kappa shape index (κ2) is 11.4. The molecule has 212 valence electrons. The Labute approximate surface area is 240 Å². The lowest BCUT2D eigenvalue weighted by atomic mass is 9.93. The van der Waals surface area contributed by atoms with Crippen molar-refractivity contribution in [2.24, 2.45) is 7.05 Å². The molecule has 2 N–H and O–H groups in total. The molecule has 0 radical (unpaired) electrons. The molecule has 2 aromatic heterocycles. The van der Waals surface area contributed by atoms with Gasteiger partial charge in [-0.1, -0.05) is 42.0 Å². The zero-order chi connectivity index (χ0) is 28.5. The summed E-state index contributed by atoms with van der Waals surface area (Å²) in [5.41, 5.74) is 5.44. The summed E-state index contributed by atoms with van der Waals surface area (Å²) in [6, 6.07) is 20.2. The normalized spacial score (nSPS) is 19.4. The van der Waals surface area contributed by atoms with Crippen molar-refractivity contribution in [1.82, 2.24) is 19.8 Å². The van der Waals surface area contributed by atoms with Crippen LogP contribution in [0.1, 0.15) is 52.0 Å². The Kier molecular flexibility index (Phi) is 7.49. The highest BCUT2D eigenvalue weighted by molar-refractivity contribution is 6.13. The second-order valence-electron chi connectivity index (χ2n) is 11.3. The molecular weight excluding hydrogens is 514 g/mol. The number of hydrogen-bond acceptors (Lipinski definition) is 5. The Morgan fingerprint density at radius 3 is 2.34 bits per heavy atom. The number of aryl methyl sites for hydroxylation is 2. The fraction of sp³-hybridized carbons (Fsp3) is 0.364. The molecule has 1 saturated carbocycles. The van der Waals surface area contributed by atoms with Gasteiger partial charge in [0.1, 0.15) is 5.82 Å². The molecule has 1 aliphatic carbocycles. The van der Waals surface area contributed by atoms with Crippen molar-refractivity contribution in [1.29, 1.82) is 0 Å². The first kappa shape index (κ1) is 27.0. The number of aliphatic hydroxyl groups excluding tert-OH is 1. The molecular formula is C33H37N5O3. The van der Waals surface area contributed by atoms with E-state index in [2.05, 4.69) is 57.0 Å². The number of carbonyl (C=O) groups is 2. The smallest absolute Gasteiger partial charge is 0.256 e. The van der Waals surface area contributed by atoms with Crippen LogP contribution in [0.3, 0.4) is 0 Å². The molecule has 0 bridgehead atoms. The number of piperazine rings is 1. The number of nitrogens with zero attached hydrogens (tertiary/aromatic N) is 4. The van der Waals surface area contributed by atoms with Gasteiger partial charge in [0, 0.05) is 56.4 Å². The van der Waals surface area contributed by atoms with E-state index in [0.717, 1.165) is 64.8 Å². The number of fused-ring (bicyclic) bond motifs is 1. The third-order valence-electron chi connectivity index (χ3n) is 8.55. The van der Waals surface area contributed by atoms with Gasteiger partial charge in [0.25, 0.3) is 11.8 Å². The number of pyridine rings is 1. The molecule has 0 atom stereocenters. The van der Waals surface area contributed by atoms with Gasteiger partial charge in [-0.15, -0.1) is 0 Å². The van der Waals surface area contributed by atoms with Crippen molar-refractivity contribution in [3.63, 3.8) is 0 Å². The van der Waals surface area contributed by atoms with Gasteiger partial charge in [-0.05, 0) is 62.4 Å². The highest BCUT2D eigenvalue weighted by atomic mass is 16.3. The lowest BCUT2D eigenvalue weighted by molar-refractivity contribution is 0.0748. The van der Waals surface area contributed by atoms with Crippen LogP contribution in [0.2, 0.25) is 0 Å². The van der Waals surface area contributed by atoms with E-state index in [1.807, 2.05) is 42.3 Å². The lowest BCUT2D eigenvalue weighted by Crippen LogP contribution is -2.49. The molecule has 8 nitrogen and oxygen atoms in total. The monoisotopic (exact) mass is 551 g/mol. The molecule has 2 aliphatic rings. The lowest BCUT2D eigenvalue weighted by Gasteiger charge is -2.35. The van der Waals surface area contributed by atoms with E-state index in [-0.39, 0.29) is 24.0 Å². The van der Waals surface area contributed by atoms with E-state index in [0.29, 0.717) is 31.7 Å². The molecule has 6 rings (SSSR count). The Morgan fingerprint density at radius 2 is 1.66 bits per heavy atom. The zero-order valence-corrected chi connectivity index (χ0v) is 23.7. The van der Waals surface area contributed by atoms with E-state index in [1.54, 1.807) is 6.20 Å². The standard InChI is InChI=1S/C33H37N5O3/c1-22-8-14-28-27(20-22)30(31(36(28)2)23-6-4-3-5-7-23)33(41)38-18-16-37(17-19-38)29-15-9-24(21-34-29)32(40)35-25-10-12-26(39)13-11-25/h3-9,14-15,20-21,25-26,39H,10-13,16-19H2,1-2H3,(H,35,40). The minimum Gasteiger partial charge on any atom is -0.393 e. The van der Waals surface area contributed by atoms with Crippen LogP contribution < -0.4 is 10.2 Å². The van der Waals surface area contributed by atoms with Gasteiger partial charge in [0.15, 0.2) is 0 Å². The van der Waals surface area contributed by atoms with Gasteiger partial charge in [0.2, 0.25) is 0 Å². The number of anilines is 1. The van der Waals surface area contributed by atoms with E-state index >= 15 is 0 Å². The number of aliphatic hydroxyl groups is 1. The van der Waals surface area contributed by atoms with Gasteiger partial charge in [-0.2, -0.15) is 0 Å². The number of benzene rings is 2. The fourth-order valence-electron chi connectivity index (χ4n) is 6.20. The summed E-state index contributed by atoms with van der Waals surface area (Å²) in [7, 11) is 2.03. The summed E-state index contributed by atoms with van der Waals surface area (Å²) in [6.45, 7) is 4.57. The Hall–Kier alpha value is -4.17. The number of carbonyl (C=O) groups excluding carboxylic acids is 2. The first-order valence-electron chi connectivity index (χ1n) is 14.5. The van der Waals surface area contributed by atoms with Crippen LogP contribution in [0.5, 0.6) is 0 Å². The van der Waals surface area contributed by atoms with Crippen LogP contribution in [0.25, 0.3) is 22.2 Å². The van der Waals surface area contributed by atoms with Crippen molar-refractivity contribution in [3.05, 3.63) is 83.6 Å². The van der Waals surface area contributed by atoms with Crippen molar-refractivity contribution >= 4 is 28.5 Å². The quantitative estimate of drug-likeness (QED) is 0.380. The zero-order valence-electron chi connectivity index (χ0n) is 23.7. The number of aromatic nitrogens is 2. The molecule has 0 spiro atoms. The van der Waals surface area contributed by atoms with Crippen molar-refractivity contribution in [2.75, 3.05) is 31.1 Å². The van der Waals surface area contributed by atoms with Crippen molar-refractivity contribution in [3.8, 4) is 11.3 Å². The highest BCUT2D eigenvalue weighted by Gasteiger charge is 2.29. The summed E-state index contributed by atoms with van der Waals surface area (Å²) in [4.78, 5) is 35.5. The SMILES string of the molecule is Cc1ccc2c(c1)c(C(=O)N1CCN(c3ccc(C(=O)NC4CCC(O)CC4)cn3)CC1)c(-c1ccccc1)n2C. The topological polar surface area (TPSA) is 90.7 Å². The number of hydrogen-bond donors (Lipinski definition) is 2. The fourth-order valence-corrected chi connectivity index (χ4v) is 6.20. The van der Waals surface area contributed by atoms with Crippen LogP contribution in [-0.4, -0.2) is 69.7 Å². The van der Waals surface area contributed by atoms with Gasteiger partial charge < -0.3 is 24.8 Å². The highest BCUT2D eigenvalue weighted by Crippen LogP contribution is 2.35. The Balaban J connectivity index is 1.15. The van der Waals surface area contributed by atoms with Crippen LogP contribution in [0.15, 0.2) is 66.9 Å². The molecule has 8 heteroatoms. The third-order valence-corrected chi connectivity index (χ3v) is 8.55. The maximum absolute atomic E-state index is 14.1. The van der Waals surface area contributed by atoms with E-state index < -0.39 is 0 Å². The summed E-state index contributed by atoms with van der Waals surface area (Å²) in [5.74, 6) is 0.732. The van der Waals surface area contributed by atoms with Crippen LogP contribution in [-0.2, 0) is 7.05 Å². The molecule has 1 saturated heterocycles. The van der Waals surface area contributed by atoms with E-state index in [4.69, 9.17) is 0 Å². The largest absolute Gasteiger partial charge is 0.393 e. The molecule has 41 heavy (non-hydrogen) atoms. The molecule has 3 heterocycles. The predicted octanol–water partition coefficient (Wildman–Crippen LogP) is 4.54. The van der Waals surface area contributed by atoms with E-state index in [1.165, 1.54) is 0 Å². The predicted molar refractivity (Wildman–Crippen MR) is 161 cm³/mol. The average molecular weight is 552 g/mol.